The molecular weight excluding hydrogens is 363 g/mol. The highest BCUT2D eigenvalue weighted by Crippen LogP contribution is 2.25. The van der Waals surface area contributed by atoms with Crippen molar-refractivity contribution in [2.75, 3.05) is 23.4 Å². The summed E-state index contributed by atoms with van der Waals surface area (Å²) < 4.78 is 13.8. The van der Waals surface area contributed by atoms with Gasteiger partial charge in [0.15, 0.2) is 0 Å². The Bertz CT molecular complexity index is 685. The SMILES string of the molecule is OCC1CCCN1c1cc(NCc2ccc(F)cc2Br)ncn1. The van der Waals surface area contributed by atoms with Crippen molar-refractivity contribution in [1.29, 1.82) is 0 Å². The van der Waals surface area contributed by atoms with E-state index in [1.165, 1.54) is 18.5 Å². The van der Waals surface area contributed by atoms with Gasteiger partial charge in [-0.3, -0.25) is 0 Å². The standard InChI is InChI=1S/C16H18BrFN4O/c17-14-6-12(18)4-3-11(14)8-19-15-7-16(21-10-20-15)22-5-1-2-13(22)9-23/h3-4,6-7,10,13,23H,1-2,5,8-9H2,(H,19,20,21). The van der Waals surface area contributed by atoms with E-state index in [-0.39, 0.29) is 18.5 Å². The highest BCUT2D eigenvalue weighted by molar-refractivity contribution is 9.10. The van der Waals surface area contributed by atoms with Crippen molar-refractivity contribution in [3.05, 3.63) is 46.4 Å². The normalized spacial score (nSPS) is 17.5. The molecule has 2 N–H and O–H groups in total. The lowest BCUT2D eigenvalue weighted by molar-refractivity contribution is 0.266. The monoisotopic (exact) mass is 380 g/mol. The van der Waals surface area contributed by atoms with Gasteiger partial charge in [-0.25, -0.2) is 14.4 Å². The molecule has 1 aliphatic rings. The molecule has 2 aromatic rings. The van der Waals surface area contributed by atoms with Crippen LogP contribution >= 0.6 is 15.9 Å². The molecule has 1 unspecified atom stereocenters. The molecule has 0 bridgehead atoms. The Hall–Kier alpha value is -1.73. The van der Waals surface area contributed by atoms with Crippen LogP contribution in [0, 0.1) is 5.82 Å². The molecule has 1 aromatic carbocycles. The van der Waals surface area contributed by atoms with Crippen LogP contribution in [0.3, 0.4) is 0 Å². The van der Waals surface area contributed by atoms with Gasteiger partial charge < -0.3 is 15.3 Å². The fourth-order valence-electron chi connectivity index (χ4n) is 2.78. The van der Waals surface area contributed by atoms with E-state index in [0.717, 1.165) is 35.2 Å². The van der Waals surface area contributed by atoms with E-state index in [2.05, 4.69) is 36.1 Å². The van der Waals surface area contributed by atoms with Gasteiger partial charge in [-0.15, -0.1) is 0 Å². The zero-order valence-electron chi connectivity index (χ0n) is 12.5. The molecule has 0 amide bonds. The molecule has 1 aliphatic heterocycles. The molecule has 1 atom stereocenters. The van der Waals surface area contributed by atoms with Gasteiger partial charge in [0.2, 0.25) is 0 Å². The zero-order chi connectivity index (χ0) is 16.2. The van der Waals surface area contributed by atoms with Crippen molar-refractivity contribution in [2.24, 2.45) is 0 Å². The quantitative estimate of drug-likeness (QED) is 0.834. The lowest BCUT2D eigenvalue weighted by atomic mass is 10.2. The minimum Gasteiger partial charge on any atom is -0.394 e. The second kappa shape index (κ2) is 7.23. The maximum atomic E-state index is 13.1. The molecule has 0 saturated carbocycles. The summed E-state index contributed by atoms with van der Waals surface area (Å²) in [5, 5.41) is 12.7. The second-order valence-corrected chi connectivity index (χ2v) is 6.38. The fraction of sp³-hybridized carbons (Fsp3) is 0.375. The summed E-state index contributed by atoms with van der Waals surface area (Å²) in [7, 11) is 0. The van der Waals surface area contributed by atoms with E-state index < -0.39 is 0 Å². The van der Waals surface area contributed by atoms with Gasteiger partial charge >= 0.3 is 0 Å². The van der Waals surface area contributed by atoms with Gasteiger partial charge in [-0.05, 0) is 30.5 Å². The number of hydrogen-bond donors (Lipinski definition) is 2. The first-order valence-corrected chi connectivity index (χ1v) is 8.34. The van der Waals surface area contributed by atoms with Gasteiger partial charge in [0.25, 0.3) is 0 Å². The minimum atomic E-state index is -0.269. The summed E-state index contributed by atoms with van der Waals surface area (Å²) >= 11 is 3.36. The number of nitrogens with zero attached hydrogens (tertiary/aromatic N) is 3. The van der Waals surface area contributed by atoms with Crippen LogP contribution in [0.1, 0.15) is 18.4 Å². The first-order valence-electron chi connectivity index (χ1n) is 7.54. The second-order valence-electron chi connectivity index (χ2n) is 5.52. The van der Waals surface area contributed by atoms with Crippen LogP contribution in [0.25, 0.3) is 0 Å². The van der Waals surface area contributed by atoms with Crippen molar-refractivity contribution in [2.45, 2.75) is 25.4 Å². The third kappa shape index (κ3) is 3.79. The van der Waals surface area contributed by atoms with Crippen LogP contribution in [-0.4, -0.2) is 34.3 Å². The third-order valence-corrected chi connectivity index (χ3v) is 4.75. The van der Waals surface area contributed by atoms with Crippen LogP contribution in [0.4, 0.5) is 16.0 Å². The van der Waals surface area contributed by atoms with Crippen LogP contribution in [0.15, 0.2) is 35.1 Å². The number of benzene rings is 1. The Balaban J connectivity index is 1.70. The minimum absolute atomic E-state index is 0.129. The number of aromatic nitrogens is 2. The van der Waals surface area contributed by atoms with Crippen LogP contribution in [0.2, 0.25) is 0 Å². The smallest absolute Gasteiger partial charge is 0.134 e. The molecule has 122 valence electrons. The van der Waals surface area contributed by atoms with Crippen molar-refractivity contribution < 1.29 is 9.50 Å². The predicted octanol–water partition coefficient (Wildman–Crippen LogP) is 2.95. The van der Waals surface area contributed by atoms with E-state index >= 15 is 0 Å². The molecule has 0 radical (unpaired) electrons. The summed E-state index contributed by atoms with van der Waals surface area (Å²) in [5.74, 6) is 1.25. The van der Waals surface area contributed by atoms with Crippen molar-refractivity contribution >= 4 is 27.6 Å². The molecule has 2 heterocycles. The average molecular weight is 381 g/mol. The summed E-state index contributed by atoms with van der Waals surface area (Å²) in [6, 6.07) is 6.62. The summed E-state index contributed by atoms with van der Waals surface area (Å²) in [5.41, 5.74) is 0.945. The van der Waals surface area contributed by atoms with E-state index in [9.17, 15) is 9.50 Å². The number of nitrogens with one attached hydrogen (secondary N) is 1. The largest absolute Gasteiger partial charge is 0.394 e. The molecule has 1 aromatic heterocycles. The fourth-order valence-corrected chi connectivity index (χ4v) is 3.27. The number of rotatable bonds is 5. The van der Waals surface area contributed by atoms with Gasteiger partial charge in [0, 0.05) is 23.6 Å². The number of aliphatic hydroxyl groups excluding tert-OH is 1. The Labute approximate surface area is 142 Å². The number of hydrogen-bond acceptors (Lipinski definition) is 5. The Morgan fingerprint density at radius 3 is 3.00 bits per heavy atom. The molecule has 1 saturated heterocycles. The molecule has 5 nitrogen and oxygen atoms in total. The molecule has 0 spiro atoms. The first kappa shape index (κ1) is 16.1. The van der Waals surface area contributed by atoms with Gasteiger partial charge in [0.1, 0.15) is 23.8 Å². The molecule has 1 fully saturated rings. The molecular formula is C16H18BrFN4O. The van der Waals surface area contributed by atoms with Crippen LogP contribution in [-0.2, 0) is 6.54 Å². The highest BCUT2D eigenvalue weighted by atomic mass is 79.9. The lowest BCUT2D eigenvalue weighted by Crippen LogP contribution is -2.32. The van der Waals surface area contributed by atoms with E-state index in [4.69, 9.17) is 0 Å². The topological polar surface area (TPSA) is 61.3 Å². The predicted molar refractivity (Wildman–Crippen MR) is 90.9 cm³/mol. The molecule has 0 aliphatic carbocycles. The Kier molecular flexibility index (Phi) is 5.07. The van der Waals surface area contributed by atoms with E-state index in [1.54, 1.807) is 6.07 Å². The Morgan fingerprint density at radius 2 is 2.22 bits per heavy atom. The molecule has 3 rings (SSSR count). The van der Waals surface area contributed by atoms with Gasteiger partial charge in [-0.1, -0.05) is 22.0 Å². The third-order valence-electron chi connectivity index (χ3n) is 4.01. The Morgan fingerprint density at radius 1 is 1.35 bits per heavy atom. The lowest BCUT2D eigenvalue weighted by Gasteiger charge is -2.24. The number of anilines is 2. The maximum Gasteiger partial charge on any atom is 0.134 e. The summed E-state index contributed by atoms with van der Waals surface area (Å²) in [6.45, 7) is 1.56. The zero-order valence-corrected chi connectivity index (χ0v) is 14.1. The van der Waals surface area contributed by atoms with Crippen LogP contribution in [0.5, 0.6) is 0 Å². The van der Waals surface area contributed by atoms with Gasteiger partial charge in [0.05, 0.1) is 12.6 Å². The molecule has 7 heteroatoms. The van der Waals surface area contributed by atoms with Crippen molar-refractivity contribution in [1.82, 2.24) is 9.97 Å². The number of halogens is 2. The molecule has 23 heavy (non-hydrogen) atoms. The maximum absolute atomic E-state index is 13.1. The van der Waals surface area contributed by atoms with Crippen molar-refractivity contribution in [3.63, 3.8) is 0 Å². The van der Waals surface area contributed by atoms with Gasteiger partial charge in [-0.2, -0.15) is 0 Å². The highest BCUT2D eigenvalue weighted by Gasteiger charge is 2.25. The number of aliphatic hydroxyl groups is 1. The van der Waals surface area contributed by atoms with E-state index in [0.29, 0.717) is 12.4 Å². The van der Waals surface area contributed by atoms with E-state index in [1.807, 2.05) is 6.07 Å². The summed E-state index contributed by atoms with van der Waals surface area (Å²) in [4.78, 5) is 10.6. The van der Waals surface area contributed by atoms with Crippen molar-refractivity contribution in [3.8, 4) is 0 Å². The first-order chi connectivity index (χ1) is 11.2. The van der Waals surface area contributed by atoms with Crippen LogP contribution < -0.4 is 10.2 Å². The average Bonchev–Trinajstić information content (AvgIpc) is 3.03. The summed E-state index contributed by atoms with van der Waals surface area (Å²) in [6.07, 6.45) is 3.55.